The van der Waals surface area contributed by atoms with Gasteiger partial charge in [-0.05, 0) is 41.5 Å². The van der Waals surface area contributed by atoms with Gasteiger partial charge in [-0.15, -0.1) is 0 Å². The number of alkyl halides is 3. The first-order chi connectivity index (χ1) is 15.7. The molecule has 2 rings (SSSR count). The monoisotopic (exact) mass is 530 g/mol. The van der Waals surface area contributed by atoms with E-state index in [-0.39, 0.29) is 6.54 Å². The maximum Gasteiger partial charge on any atom is 0.534 e. The van der Waals surface area contributed by atoms with E-state index < -0.39 is 81.4 Å². The SMILES string of the molecule is COC(=O)C1=C(OS(=O)(=O)C(F)(F)F)C[C@@H]2CN(C(=O)OC(C)(C)C)C[C@H]1N2C(=O)OC(C)(C)C. The molecule has 0 aromatic carbocycles. The van der Waals surface area contributed by atoms with E-state index in [1.807, 2.05) is 0 Å². The molecule has 2 aliphatic rings. The predicted octanol–water partition coefficient (Wildman–Crippen LogP) is 2.91. The number of hydrogen-bond donors (Lipinski definition) is 0. The summed E-state index contributed by atoms with van der Waals surface area (Å²) >= 11 is 0. The van der Waals surface area contributed by atoms with Crippen LogP contribution >= 0.6 is 0 Å². The lowest BCUT2D eigenvalue weighted by molar-refractivity contribution is -0.138. The van der Waals surface area contributed by atoms with Crippen LogP contribution in [0.15, 0.2) is 11.3 Å². The van der Waals surface area contributed by atoms with Gasteiger partial charge in [0.15, 0.2) is 0 Å². The van der Waals surface area contributed by atoms with Gasteiger partial charge in [-0.2, -0.15) is 21.6 Å². The molecule has 35 heavy (non-hydrogen) atoms. The highest BCUT2D eigenvalue weighted by Crippen LogP contribution is 2.38. The molecule has 2 bridgehead atoms. The van der Waals surface area contributed by atoms with Crippen LogP contribution in [0, 0.1) is 0 Å². The Hall–Kier alpha value is -2.71. The fraction of sp³-hybridized carbons (Fsp3) is 0.750. The van der Waals surface area contributed by atoms with Gasteiger partial charge >= 0.3 is 33.8 Å². The summed E-state index contributed by atoms with van der Waals surface area (Å²) in [4.78, 5) is 40.6. The Labute approximate surface area is 201 Å². The van der Waals surface area contributed by atoms with E-state index in [4.69, 9.17) is 9.47 Å². The van der Waals surface area contributed by atoms with Crippen LogP contribution < -0.4 is 0 Å². The molecule has 2 atom stereocenters. The van der Waals surface area contributed by atoms with Crippen molar-refractivity contribution in [1.82, 2.24) is 9.80 Å². The van der Waals surface area contributed by atoms with E-state index >= 15 is 0 Å². The van der Waals surface area contributed by atoms with Crippen molar-refractivity contribution >= 4 is 28.3 Å². The molecule has 0 N–H and O–H groups in total. The second-order valence-corrected chi connectivity index (χ2v) is 11.5. The average molecular weight is 531 g/mol. The first-order valence-electron chi connectivity index (χ1n) is 10.5. The van der Waals surface area contributed by atoms with Crippen molar-refractivity contribution in [2.45, 2.75) is 76.8 Å². The molecule has 1 saturated heterocycles. The number of esters is 1. The number of halogens is 3. The number of piperazine rings is 1. The second-order valence-electron chi connectivity index (χ2n) is 9.96. The van der Waals surface area contributed by atoms with E-state index in [0.29, 0.717) is 0 Å². The van der Waals surface area contributed by atoms with Crippen molar-refractivity contribution in [2.75, 3.05) is 20.2 Å². The van der Waals surface area contributed by atoms with E-state index in [2.05, 4.69) is 8.92 Å². The van der Waals surface area contributed by atoms with E-state index in [1.165, 1.54) is 4.90 Å². The molecule has 200 valence electrons. The van der Waals surface area contributed by atoms with Gasteiger partial charge in [0.1, 0.15) is 22.5 Å². The first-order valence-corrected chi connectivity index (χ1v) is 11.9. The molecular formula is C20H29F3N2O9S. The maximum absolute atomic E-state index is 13.0. The molecule has 15 heteroatoms. The maximum atomic E-state index is 13.0. The van der Waals surface area contributed by atoms with Crippen LogP contribution in [-0.4, -0.2) is 85.4 Å². The van der Waals surface area contributed by atoms with Gasteiger partial charge in [0.2, 0.25) is 0 Å². The molecule has 0 unspecified atom stereocenters. The molecule has 0 spiro atoms. The highest BCUT2D eigenvalue weighted by molar-refractivity contribution is 7.87. The van der Waals surface area contributed by atoms with Crippen molar-refractivity contribution in [3.05, 3.63) is 11.3 Å². The second kappa shape index (κ2) is 9.39. The third kappa shape index (κ3) is 6.70. The van der Waals surface area contributed by atoms with Gasteiger partial charge in [-0.1, -0.05) is 0 Å². The van der Waals surface area contributed by atoms with Crippen molar-refractivity contribution in [3.63, 3.8) is 0 Å². The van der Waals surface area contributed by atoms with E-state index in [9.17, 15) is 36.0 Å². The minimum absolute atomic E-state index is 0.252. The Kier molecular flexibility index (Phi) is 7.65. The Morgan fingerprint density at radius 1 is 0.914 bits per heavy atom. The molecule has 11 nitrogen and oxygen atoms in total. The van der Waals surface area contributed by atoms with Gasteiger partial charge in [-0.25, -0.2) is 14.4 Å². The van der Waals surface area contributed by atoms with Crippen molar-refractivity contribution in [1.29, 1.82) is 0 Å². The summed E-state index contributed by atoms with van der Waals surface area (Å²) in [6.07, 6.45) is -2.36. The van der Waals surface area contributed by atoms with Gasteiger partial charge in [0.25, 0.3) is 0 Å². The molecular weight excluding hydrogens is 501 g/mol. The molecule has 0 radical (unpaired) electrons. The lowest BCUT2D eigenvalue weighted by Gasteiger charge is -2.49. The zero-order valence-electron chi connectivity index (χ0n) is 20.4. The lowest BCUT2D eigenvalue weighted by atomic mass is 9.89. The van der Waals surface area contributed by atoms with Crippen LogP contribution in [0.5, 0.6) is 0 Å². The number of methoxy groups -OCH3 is 1. The van der Waals surface area contributed by atoms with Crippen LogP contribution in [-0.2, 0) is 33.3 Å². The Morgan fingerprint density at radius 3 is 1.89 bits per heavy atom. The number of nitrogens with zero attached hydrogens (tertiary/aromatic N) is 2. The number of ether oxygens (including phenoxy) is 3. The molecule has 2 heterocycles. The van der Waals surface area contributed by atoms with Crippen LogP contribution in [0.1, 0.15) is 48.0 Å². The standard InChI is InChI=1S/C20H29F3N2O9S/c1-18(2,3)32-16(27)24-9-11-8-13(34-35(29,30)20(21,22)23)14(15(26)31-7)12(10-24)25(11)17(28)33-19(4,5)6/h11-12H,8-10H2,1-7H3/t11-,12-/m1/s1. The average Bonchev–Trinajstić information content (AvgIpc) is 2.62. The zero-order chi connectivity index (χ0) is 27.1. The number of fused-ring (bicyclic) bond motifs is 2. The fourth-order valence-electron chi connectivity index (χ4n) is 3.56. The van der Waals surface area contributed by atoms with Gasteiger partial charge < -0.3 is 23.3 Å². The molecule has 0 aromatic rings. The highest BCUT2D eigenvalue weighted by Gasteiger charge is 2.54. The molecule has 0 aromatic heterocycles. The van der Waals surface area contributed by atoms with Crippen molar-refractivity contribution in [2.24, 2.45) is 0 Å². The summed E-state index contributed by atoms with van der Waals surface area (Å²) in [6.45, 7) is 8.94. The van der Waals surface area contributed by atoms with Crippen molar-refractivity contribution in [3.8, 4) is 0 Å². The Morgan fingerprint density at radius 2 is 1.43 bits per heavy atom. The quantitative estimate of drug-likeness (QED) is 0.234. The molecule has 2 amide bonds. The summed E-state index contributed by atoms with van der Waals surface area (Å²) in [5.74, 6) is -2.06. The largest absolute Gasteiger partial charge is 0.534 e. The molecule has 2 aliphatic heterocycles. The van der Waals surface area contributed by atoms with Crippen LogP contribution in [0.4, 0.5) is 22.8 Å². The smallest absolute Gasteiger partial charge is 0.466 e. The zero-order valence-corrected chi connectivity index (χ0v) is 21.2. The third-order valence-electron chi connectivity index (χ3n) is 4.76. The lowest BCUT2D eigenvalue weighted by Crippen LogP contribution is -2.65. The highest BCUT2D eigenvalue weighted by atomic mass is 32.2. The minimum atomic E-state index is -6.13. The Balaban J connectivity index is 2.60. The van der Waals surface area contributed by atoms with Gasteiger partial charge in [0, 0.05) is 19.5 Å². The first kappa shape index (κ1) is 28.5. The molecule has 0 aliphatic carbocycles. The van der Waals surface area contributed by atoms with Gasteiger partial charge in [-0.3, -0.25) is 4.90 Å². The number of rotatable bonds is 3. The normalized spacial score (nSPS) is 21.4. The van der Waals surface area contributed by atoms with Gasteiger partial charge in [0.05, 0.1) is 19.2 Å². The minimum Gasteiger partial charge on any atom is -0.466 e. The van der Waals surface area contributed by atoms with E-state index in [0.717, 1.165) is 12.0 Å². The number of hydrogen-bond acceptors (Lipinski definition) is 9. The summed E-state index contributed by atoms with van der Waals surface area (Å²) in [6, 6.07) is -2.53. The number of carbonyl (C=O) groups is 3. The Bertz CT molecular complexity index is 1010. The number of amides is 2. The van der Waals surface area contributed by atoms with Crippen molar-refractivity contribution < 1.29 is 54.4 Å². The summed E-state index contributed by atoms with van der Waals surface area (Å²) in [5.41, 5.74) is -8.27. The summed E-state index contributed by atoms with van der Waals surface area (Å²) < 4.78 is 82.1. The topological polar surface area (TPSA) is 129 Å². The van der Waals surface area contributed by atoms with Crippen LogP contribution in [0.25, 0.3) is 0 Å². The summed E-state index contributed by atoms with van der Waals surface area (Å²) in [7, 11) is -5.21. The third-order valence-corrected chi connectivity index (χ3v) is 5.75. The fourth-order valence-corrected chi connectivity index (χ4v) is 4.07. The molecule has 0 saturated carbocycles. The van der Waals surface area contributed by atoms with E-state index in [1.54, 1.807) is 41.5 Å². The predicted molar refractivity (Wildman–Crippen MR) is 113 cm³/mol. The number of carbonyl (C=O) groups excluding carboxylic acids is 3. The summed E-state index contributed by atoms with van der Waals surface area (Å²) in [5, 5.41) is 0. The van der Waals surface area contributed by atoms with Crippen LogP contribution in [0.3, 0.4) is 0 Å². The van der Waals surface area contributed by atoms with Crippen LogP contribution in [0.2, 0.25) is 0 Å². The molecule has 1 fully saturated rings.